The fourth-order valence-corrected chi connectivity index (χ4v) is 4.94. The molecule has 0 aliphatic carbocycles. The number of rotatable bonds is 4. The maximum absolute atomic E-state index is 14.6. The maximum Gasteiger partial charge on any atom is 0.266 e. The van der Waals surface area contributed by atoms with Crippen LogP contribution in [0.4, 0.5) is 4.39 Å². The van der Waals surface area contributed by atoms with Gasteiger partial charge in [-0.25, -0.2) is 4.39 Å². The summed E-state index contributed by atoms with van der Waals surface area (Å²) in [5.41, 5.74) is 3.29. The summed E-state index contributed by atoms with van der Waals surface area (Å²) < 4.78 is 15.9. The first-order valence-corrected chi connectivity index (χ1v) is 10.4. The summed E-state index contributed by atoms with van der Waals surface area (Å²) in [5.74, 6) is -0.250. The number of halogens is 2. The van der Waals surface area contributed by atoms with E-state index < -0.39 is 0 Å². The quantitative estimate of drug-likeness (QED) is 0.419. The molecule has 0 aliphatic rings. The Morgan fingerprint density at radius 1 is 1.22 bits per heavy atom. The van der Waals surface area contributed by atoms with Crippen molar-refractivity contribution in [3.63, 3.8) is 0 Å². The largest absolute Gasteiger partial charge is 0.392 e. The molecule has 2 aromatic carbocycles. The van der Waals surface area contributed by atoms with Gasteiger partial charge in [0, 0.05) is 15.2 Å². The molecule has 0 saturated heterocycles. The van der Waals surface area contributed by atoms with E-state index in [0.717, 1.165) is 22.8 Å². The molecule has 0 fully saturated rings. The van der Waals surface area contributed by atoms with Crippen LogP contribution in [0.1, 0.15) is 24.5 Å². The summed E-state index contributed by atoms with van der Waals surface area (Å²) >= 11 is 4.87. The number of fused-ring (bicyclic) bond motifs is 3. The van der Waals surface area contributed by atoms with Crippen LogP contribution in [0.25, 0.3) is 32.1 Å². The number of aromatic amines is 1. The summed E-state index contributed by atoms with van der Waals surface area (Å²) in [6.07, 6.45) is 1.55. The zero-order valence-electron chi connectivity index (χ0n) is 14.6. The van der Waals surface area contributed by atoms with Gasteiger partial charge in [-0.05, 0) is 68.2 Å². The molecule has 6 heteroatoms. The fourth-order valence-electron chi connectivity index (χ4n) is 3.58. The van der Waals surface area contributed by atoms with Gasteiger partial charge < -0.3 is 10.1 Å². The minimum Gasteiger partial charge on any atom is -0.392 e. The lowest BCUT2D eigenvalue weighted by Crippen LogP contribution is -2.06. The second-order valence-electron chi connectivity index (χ2n) is 6.47. The Kier molecular flexibility index (Phi) is 4.88. The van der Waals surface area contributed by atoms with E-state index in [2.05, 4.69) is 20.9 Å². The molecular weight excluding hydrogens is 429 g/mol. The van der Waals surface area contributed by atoms with Crippen LogP contribution in [-0.2, 0) is 13.0 Å². The van der Waals surface area contributed by atoms with Gasteiger partial charge in [0.15, 0.2) is 0 Å². The lowest BCUT2D eigenvalue weighted by molar-refractivity contribution is 0.282. The Balaban J connectivity index is 2.13. The number of benzene rings is 2. The predicted molar refractivity (Wildman–Crippen MR) is 113 cm³/mol. The zero-order valence-corrected chi connectivity index (χ0v) is 17.0. The molecule has 4 aromatic rings. The fraction of sp³-hybridized carbons (Fsp3) is 0.190. The van der Waals surface area contributed by atoms with E-state index in [1.165, 1.54) is 17.4 Å². The van der Waals surface area contributed by atoms with Gasteiger partial charge in [-0.15, -0.1) is 11.3 Å². The van der Waals surface area contributed by atoms with Crippen LogP contribution in [0.3, 0.4) is 0 Å². The Morgan fingerprint density at radius 2 is 2.04 bits per heavy atom. The number of aromatic nitrogens is 1. The van der Waals surface area contributed by atoms with Crippen molar-refractivity contribution in [3.05, 3.63) is 67.5 Å². The minimum atomic E-state index is -0.250. The van der Waals surface area contributed by atoms with Crippen LogP contribution in [0.5, 0.6) is 0 Å². The third-order valence-electron chi connectivity index (χ3n) is 4.77. The van der Waals surface area contributed by atoms with Gasteiger partial charge >= 0.3 is 0 Å². The van der Waals surface area contributed by atoms with Gasteiger partial charge in [0.1, 0.15) is 10.5 Å². The Hall–Kier alpha value is -2.02. The van der Waals surface area contributed by atoms with Crippen molar-refractivity contribution in [1.82, 2.24) is 4.98 Å². The molecule has 0 atom stereocenters. The second kappa shape index (κ2) is 7.19. The van der Waals surface area contributed by atoms with Gasteiger partial charge in [0.25, 0.3) is 5.56 Å². The molecule has 2 N–H and O–H groups in total. The average Bonchev–Trinajstić information content (AvgIpc) is 3.15. The molecule has 27 heavy (non-hydrogen) atoms. The lowest BCUT2D eigenvalue weighted by atomic mass is 9.92. The van der Waals surface area contributed by atoms with Crippen molar-refractivity contribution in [2.24, 2.45) is 0 Å². The third-order valence-corrected chi connectivity index (χ3v) is 6.31. The second-order valence-corrected chi connectivity index (χ2v) is 8.24. The van der Waals surface area contributed by atoms with E-state index in [4.69, 9.17) is 0 Å². The van der Waals surface area contributed by atoms with Crippen molar-refractivity contribution < 1.29 is 9.50 Å². The van der Waals surface area contributed by atoms with Gasteiger partial charge in [-0.2, -0.15) is 0 Å². The van der Waals surface area contributed by atoms with E-state index >= 15 is 0 Å². The van der Waals surface area contributed by atoms with E-state index in [1.54, 1.807) is 12.1 Å². The first-order chi connectivity index (χ1) is 13.0. The number of pyridine rings is 1. The van der Waals surface area contributed by atoms with Crippen molar-refractivity contribution in [3.8, 4) is 11.1 Å². The number of hydrogen-bond donors (Lipinski definition) is 2. The van der Waals surface area contributed by atoms with E-state index in [0.29, 0.717) is 37.8 Å². The summed E-state index contributed by atoms with van der Waals surface area (Å²) in [5, 5.41) is 13.5. The number of nitrogens with one attached hydrogen (secondary N) is 1. The number of hydrogen-bond acceptors (Lipinski definition) is 3. The van der Waals surface area contributed by atoms with Crippen LogP contribution in [0.15, 0.2) is 45.0 Å². The molecule has 3 nitrogen and oxygen atoms in total. The van der Waals surface area contributed by atoms with Crippen LogP contribution in [-0.4, -0.2) is 10.1 Å². The van der Waals surface area contributed by atoms with Crippen LogP contribution < -0.4 is 5.56 Å². The SMILES string of the molecule is CCCc1ccc(-c2c(CO)cc(Br)c3[nH]c(=O)c4sccc4c23)cc1F. The number of aliphatic hydroxyl groups is 1. The van der Waals surface area contributed by atoms with Crippen LogP contribution in [0.2, 0.25) is 0 Å². The molecule has 2 aromatic heterocycles. The topological polar surface area (TPSA) is 53.1 Å². The molecule has 0 aliphatic heterocycles. The van der Waals surface area contributed by atoms with E-state index in [-0.39, 0.29) is 18.0 Å². The zero-order chi connectivity index (χ0) is 19.1. The van der Waals surface area contributed by atoms with Crippen molar-refractivity contribution in [1.29, 1.82) is 0 Å². The third kappa shape index (κ3) is 3.02. The van der Waals surface area contributed by atoms with Gasteiger partial charge in [0.2, 0.25) is 0 Å². The molecule has 138 valence electrons. The molecule has 0 radical (unpaired) electrons. The molecule has 0 spiro atoms. The summed E-state index contributed by atoms with van der Waals surface area (Å²) in [7, 11) is 0. The Bertz CT molecular complexity index is 1230. The smallest absolute Gasteiger partial charge is 0.266 e. The highest BCUT2D eigenvalue weighted by atomic mass is 79.9. The lowest BCUT2D eigenvalue weighted by Gasteiger charge is -2.15. The summed E-state index contributed by atoms with van der Waals surface area (Å²) in [6, 6.07) is 8.90. The van der Waals surface area contributed by atoms with Crippen LogP contribution in [0, 0.1) is 5.82 Å². The van der Waals surface area contributed by atoms with E-state index in [9.17, 15) is 14.3 Å². The molecule has 4 rings (SSSR count). The monoisotopic (exact) mass is 445 g/mol. The molecular formula is C21H17BrFNO2S. The van der Waals surface area contributed by atoms with Gasteiger partial charge in [0.05, 0.1) is 12.1 Å². The van der Waals surface area contributed by atoms with Crippen LogP contribution >= 0.6 is 27.3 Å². The van der Waals surface area contributed by atoms with Gasteiger partial charge in [-0.3, -0.25) is 4.79 Å². The Labute approximate surface area is 167 Å². The highest BCUT2D eigenvalue weighted by Crippen LogP contribution is 2.40. The summed E-state index contributed by atoms with van der Waals surface area (Å²) in [6.45, 7) is 1.83. The normalized spacial score (nSPS) is 11.6. The molecule has 2 heterocycles. The van der Waals surface area contributed by atoms with Crippen molar-refractivity contribution in [2.75, 3.05) is 0 Å². The molecule has 0 unspecified atom stereocenters. The first-order valence-electron chi connectivity index (χ1n) is 8.69. The molecule has 0 bridgehead atoms. The maximum atomic E-state index is 14.6. The number of aliphatic hydroxyl groups excluding tert-OH is 1. The van der Waals surface area contributed by atoms with Crippen molar-refractivity contribution >= 4 is 48.3 Å². The first kappa shape index (κ1) is 18.3. The predicted octanol–water partition coefficient (Wildman–Crippen LogP) is 5.76. The standard InChI is InChI=1S/C21H17BrFNO2S/c1-2-3-11-4-5-12(9-16(11)23)17-13(10-25)8-15(22)19-18(17)14-6-7-27-20(14)21(26)24-19/h4-9,25H,2-3,10H2,1H3,(H,24,26). The molecule has 0 amide bonds. The number of thiophene rings is 1. The summed E-state index contributed by atoms with van der Waals surface area (Å²) in [4.78, 5) is 15.3. The number of aryl methyl sites for hydroxylation is 1. The minimum absolute atomic E-state index is 0.152. The number of H-pyrrole nitrogens is 1. The van der Waals surface area contributed by atoms with E-state index in [1.807, 2.05) is 24.4 Å². The highest BCUT2D eigenvalue weighted by molar-refractivity contribution is 9.10. The van der Waals surface area contributed by atoms with Crippen molar-refractivity contribution in [2.45, 2.75) is 26.4 Å². The highest BCUT2D eigenvalue weighted by Gasteiger charge is 2.18. The Morgan fingerprint density at radius 3 is 2.74 bits per heavy atom. The van der Waals surface area contributed by atoms with Gasteiger partial charge in [-0.1, -0.05) is 25.5 Å². The average molecular weight is 446 g/mol. The molecule has 0 saturated carbocycles.